The molecule has 0 aromatic heterocycles. The molecule has 11 heteroatoms. The second kappa shape index (κ2) is 27.0. The Morgan fingerprint density at radius 3 is 0.895 bits per heavy atom. The molecule has 332 valence electrons. The highest BCUT2D eigenvalue weighted by atomic mass is 28.4. The number of hydrogen-bond donors (Lipinski definition) is 0. The first-order valence-electron chi connectivity index (χ1n) is 26.3. The van der Waals surface area contributed by atoms with E-state index in [0.29, 0.717) is 0 Å². The lowest BCUT2D eigenvalue weighted by atomic mass is 9.41. The van der Waals surface area contributed by atoms with Crippen molar-refractivity contribution in [2.24, 2.45) is 0 Å². The van der Waals surface area contributed by atoms with E-state index in [1.165, 1.54) is 139 Å². The van der Waals surface area contributed by atoms with Crippen LogP contribution in [0.25, 0.3) is 0 Å². The van der Waals surface area contributed by atoms with Crippen LogP contribution >= 0.6 is 0 Å². The Balaban J connectivity index is 0.000000352. The van der Waals surface area contributed by atoms with E-state index in [0.717, 1.165) is 26.9 Å². The molecule has 0 aromatic rings. The van der Waals surface area contributed by atoms with E-state index in [9.17, 15) is 0 Å². The van der Waals surface area contributed by atoms with Crippen LogP contribution < -0.4 is 0 Å². The first-order valence-corrected chi connectivity index (χ1v) is 46.1. The minimum atomic E-state index is -1.53. The summed E-state index contributed by atoms with van der Waals surface area (Å²) < 4.78 is 7.08. The monoisotopic (exact) mass is 887 g/mol. The highest BCUT2D eigenvalue weighted by Gasteiger charge is 2.36. The fourth-order valence-corrected chi connectivity index (χ4v) is 30.9. The van der Waals surface area contributed by atoms with E-state index < -0.39 is 48.9 Å². The van der Waals surface area contributed by atoms with Gasteiger partial charge in [-0.2, -0.15) is 0 Å². The van der Waals surface area contributed by atoms with Gasteiger partial charge in [0.15, 0.2) is 16.6 Å². The molecule has 0 aromatic carbocycles. The summed E-state index contributed by atoms with van der Waals surface area (Å²) in [5.74, 6) is 0. The summed E-state index contributed by atoms with van der Waals surface area (Å²) in [5.41, 5.74) is 0. The van der Waals surface area contributed by atoms with Gasteiger partial charge in [-0.05, 0) is 38.3 Å². The molecule has 0 N–H and O–H groups in total. The normalized spacial score (nSPS) is 23.3. The van der Waals surface area contributed by atoms with E-state index in [-0.39, 0.29) is 0 Å². The van der Waals surface area contributed by atoms with E-state index in [1.807, 2.05) is 0 Å². The summed E-state index contributed by atoms with van der Waals surface area (Å²) >= 11 is 0. The summed E-state index contributed by atoms with van der Waals surface area (Å²) in [4.78, 5) is 0. The number of rotatable bonds is 14. The van der Waals surface area contributed by atoms with Crippen molar-refractivity contribution in [1.29, 1.82) is 0 Å². The van der Waals surface area contributed by atoms with E-state index in [4.69, 9.17) is 4.12 Å². The molecule has 4 aliphatic rings. The average molecular weight is 887 g/mol. The Bertz CT molecular complexity index is 966. The van der Waals surface area contributed by atoms with Crippen molar-refractivity contribution in [3.8, 4) is 0 Å². The van der Waals surface area contributed by atoms with Crippen LogP contribution in [0.4, 0.5) is 0 Å². The molecule has 4 heterocycles. The molecule has 57 heavy (non-hydrogen) atoms. The van der Waals surface area contributed by atoms with Crippen LogP contribution in [-0.2, 0) is 4.12 Å². The van der Waals surface area contributed by atoms with Gasteiger partial charge in [-0.3, -0.25) is 0 Å². The molecule has 0 atom stereocenters. The van der Waals surface area contributed by atoms with Crippen LogP contribution in [-0.4, -0.2) is 75.8 Å². The summed E-state index contributed by atoms with van der Waals surface area (Å²) in [6.45, 7) is 39.7. The SMILES string of the molecule is CCCCB1CCC[Si](C)(C)CCC1.CCCCB1CC[Si](C)(C)CC1.C[Si]1(C)CCCB(CC[Si](C)(C)O[Si](C)(C)CCB2CCC[Si](C)(C)CCC2)CCC1. The molecule has 0 unspecified atom stereocenters. The smallest absolute Gasteiger partial charge is 0.172 e. The standard InChI is InChI=1S/C24H56B2OSi4.C12H27BSi.C10H23BSi/c1-28(2)19-9-13-25(14-10-20-28)17-23-30(5,6)27-31(7,8)24-18-26-15-11-21-29(3,4)22-12-16-26;1-4-5-8-13-9-6-11-14(2,3)12-7-10-13;1-4-5-6-11-7-9-12(2,3)10-8-11/h9-24H2,1-8H3;4-12H2,1-3H3;4-10H2,1-3H3. The first-order chi connectivity index (χ1) is 26.6. The van der Waals surface area contributed by atoms with Crippen molar-refractivity contribution in [3.63, 3.8) is 0 Å². The maximum absolute atomic E-state index is 7.08. The molecule has 0 aliphatic carbocycles. The molecule has 0 amide bonds. The van der Waals surface area contributed by atoms with Crippen molar-refractivity contribution >= 4 is 75.8 Å². The molecular weight excluding hydrogens is 780 g/mol. The third-order valence-electron chi connectivity index (χ3n) is 16.0. The first kappa shape index (κ1) is 54.7. The molecule has 4 aliphatic heterocycles. The van der Waals surface area contributed by atoms with Gasteiger partial charge in [0.1, 0.15) is 26.9 Å². The number of hydrogen-bond acceptors (Lipinski definition) is 1. The molecule has 4 fully saturated rings. The van der Waals surface area contributed by atoms with Crippen LogP contribution in [0.5, 0.6) is 0 Å². The van der Waals surface area contributed by atoms with Gasteiger partial charge in [0, 0.05) is 32.3 Å². The Labute approximate surface area is 370 Å². The fourth-order valence-electron chi connectivity index (χ4n) is 11.6. The Morgan fingerprint density at radius 2 is 0.614 bits per heavy atom. The van der Waals surface area contributed by atoms with Gasteiger partial charge >= 0.3 is 0 Å². The van der Waals surface area contributed by atoms with Crippen molar-refractivity contribution < 1.29 is 4.12 Å². The fraction of sp³-hybridized carbons (Fsp3) is 1.00. The molecule has 4 saturated heterocycles. The third kappa shape index (κ3) is 26.7. The van der Waals surface area contributed by atoms with Gasteiger partial charge in [-0.25, -0.2) is 0 Å². The third-order valence-corrected chi connectivity index (χ3v) is 37.0. The Hall–Kier alpha value is 1.52. The lowest BCUT2D eigenvalue weighted by Gasteiger charge is -2.36. The second-order valence-electron chi connectivity index (χ2n) is 25.5. The minimum absolute atomic E-state index is 0.671. The number of unbranched alkanes of at least 4 members (excludes halogenated alkanes) is 2. The summed E-state index contributed by atoms with van der Waals surface area (Å²) in [6.07, 6.45) is 32.9. The molecular formula is C46H106B4OSi6. The molecule has 4 rings (SSSR count). The summed E-state index contributed by atoms with van der Waals surface area (Å²) in [7, 11) is -6.14. The van der Waals surface area contributed by atoms with Crippen LogP contribution in [0.1, 0.15) is 78.1 Å². The maximum Gasteiger partial charge on any atom is 0.172 e. The van der Waals surface area contributed by atoms with Crippen molar-refractivity contribution in [2.75, 3.05) is 0 Å². The zero-order chi connectivity index (χ0) is 42.6. The van der Waals surface area contributed by atoms with Crippen LogP contribution in [0.15, 0.2) is 0 Å². The van der Waals surface area contributed by atoms with Gasteiger partial charge in [-0.15, -0.1) is 0 Å². The van der Waals surface area contributed by atoms with E-state index >= 15 is 0 Å². The highest BCUT2D eigenvalue weighted by Crippen LogP contribution is 2.35. The predicted octanol–water partition coefficient (Wildman–Crippen LogP) is 18.2. The summed E-state index contributed by atoms with van der Waals surface area (Å²) in [6, 6.07) is 15.5. The average Bonchev–Trinajstić information content (AvgIpc) is 3.08. The van der Waals surface area contributed by atoms with Gasteiger partial charge < -0.3 is 4.12 Å². The van der Waals surface area contributed by atoms with Crippen LogP contribution in [0.3, 0.4) is 0 Å². The molecule has 0 saturated carbocycles. The quantitative estimate of drug-likeness (QED) is 0.158. The van der Waals surface area contributed by atoms with E-state index in [1.54, 1.807) is 61.0 Å². The van der Waals surface area contributed by atoms with Crippen LogP contribution in [0.2, 0.25) is 215 Å². The van der Waals surface area contributed by atoms with Crippen molar-refractivity contribution in [1.82, 2.24) is 0 Å². The van der Waals surface area contributed by atoms with Gasteiger partial charge in [-0.1, -0.05) is 255 Å². The van der Waals surface area contributed by atoms with Crippen molar-refractivity contribution in [2.45, 2.75) is 293 Å². The Morgan fingerprint density at radius 1 is 0.368 bits per heavy atom. The topological polar surface area (TPSA) is 9.23 Å². The summed E-state index contributed by atoms with van der Waals surface area (Å²) in [5, 5.41) is 0. The van der Waals surface area contributed by atoms with Gasteiger partial charge in [0.05, 0.1) is 0 Å². The van der Waals surface area contributed by atoms with Gasteiger partial charge in [0.25, 0.3) is 0 Å². The zero-order valence-corrected chi connectivity index (χ0v) is 48.3. The molecule has 1 nitrogen and oxygen atoms in total. The Kier molecular flexibility index (Phi) is 25.9. The van der Waals surface area contributed by atoms with Crippen LogP contribution in [0, 0.1) is 0 Å². The van der Waals surface area contributed by atoms with Crippen molar-refractivity contribution in [3.05, 3.63) is 0 Å². The maximum atomic E-state index is 7.08. The predicted molar refractivity (Wildman–Crippen MR) is 292 cm³/mol. The van der Waals surface area contributed by atoms with E-state index in [2.05, 4.69) is 92.4 Å². The highest BCUT2D eigenvalue weighted by molar-refractivity contribution is 6.86. The lowest BCUT2D eigenvalue weighted by Crippen LogP contribution is -2.45. The zero-order valence-electron chi connectivity index (χ0n) is 42.3. The second-order valence-corrected chi connectivity index (χ2v) is 55.7. The minimum Gasteiger partial charge on any atom is -0.456 e. The molecule has 0 spiro atoms. The largest absolute Gasteiger partial charge is 0.456 e. The molecule has 0 bridgehead atoms. The molecule has 0 radical (unpaired) electrons. The lowest BCUT2D eigenvalue weighted by molar-refractivity contribution is 0.541. The van der Waals surface area contributed by atoms with Gasteiger partial charge in [0.2, 0.25) is 0 Å².